The van der Waals surface area contributed by atoms with Gasteiger partial charge in [-0.2, -0.15) is 0 Å². The lowest BCUT2D eigenvalue weighted by molar-refractivity contribution is 0.591. The number of nitrogens with zero attached hydrogens (tertiary/aromatic N) is 1. The van der Waals surface area contributed by atoms with Crippen LogP contribution in [0.3, 0.4) is 0 Å². The summed E-state index contributed by atoms with van der Waals surface area (Å²) in [6.45, 7) is 6.85. The number of hydrogen-bond donors (Lipinski definition) is 1. The average molecular weight is 543 g/mol. The average Bonchev–Trinajstić information content (AvgIpc) is 3.35. The first-order chi connectivity index (χ1) is 20.5. The Bertz CT molecular complexity index is 2030. The van der Waals surface area contributed by atoms with E-state index in [1.807, 2.05) is 0 Å². The highest BCUT2D eigenvalue weighted by Gasteiger charge is 2.18. The maximum atomic E-state index is 3.69. The molecule has 0 unspecified atom stereocenters. The minimum Gasteiger partial charge on any atom is -0.355 e. The lowest BCUT2D eigenvalue weighted by atomic mass is 9.86. The molecule has 0 bridgehead atoms. The van der Waals surface area contributed by atoms with Crippen molar-refractivity contribution >= 4 is 33.2 Å². The van der Waals surface area contributed by atoms with Crippen molar-refractivity contribution in [3.8, 4) is 27.9 Å². The molecule has 1 aromatic heterocycles. The van der Waals surface area contributed by atoms with E-state index in [1.165, 1.54) is 55.3 Å². The van der Waals surface area contributed by atoms with Crippen LogP contribution in [0.4, 0.5) is 11.4 Å². The molecule has 1 heterocycles. The van der Waals surface area contributed by atoms with E-state index in [0.717, 1.165) is 11.4 Å². The number of aromatic nitrogens is 1. The standard InChI is InChI=1S/C40H34N2/c1-40(2,3)31-22-24-39-36(27-31)35-26-30(21-23-38(35)42(39)33-17-8-5-9-18-33)29-15-12-16-32(25-29)41-37-20-11-10-19-34(37)28-13-6-4-7-14-28/h4-27,41H,1-3H3. The Hall–Kier alpha value is -5.08. The molecule has 0 saturated carbocycles. The summed E-state index contributed by atoms with van der Waals surface area (Å²) < 4.78 is 2.39. The number of benzene rings is 6. The lowest BCUT2D eigenvalue weighted by Crippen LogP contribution is -2.10. The van der Waals surface area contributed by atoms with E-state index in [2.05, 4.69) is 176 Å². The van der Waals surface area contributed by atoms with E-state index in [0.29, 0.717) is 0 Å². The van der Waals surface area contributed by atoms with Gasteiger partial charge in [-0.3, -0.25) is 0 Å². The fourth-order valence-electron chi connectivity index (χ4n) is 5.92. The van der Waals surface area contributed by atoms with Gasteiger partial charge in [0.05, 0.1) is 11.0 Å². The van der Waals surface area contributed by atoms with Gasteiger partial charge in [0, 0.05) is 33.4 Å². The van der Waals surface area contributed by atoms with Gasteiger partial charge in [-0.25, -0.2) is 0 Å². The maximum Gasteiger partial charge on any atom is 0.0541 e. The minimum atomic E-state index is 0.0724. The van der Waals surface area contributed by atoms with Gasteiger partial charge in [0.25, 0.3) is 0 Å². The molecule has 2 heteroatoms. The second kappa shape index (κ2) is 10.4. The van der Waals surface area contributed by atoms with E-state index in [-0.39, 0.29) is 5.41 Å². The second-order valence-corrected chi connectivity index (χ2v) is 12.0. The van der Waals surface area contributed by atoms with Gasteiger partial charge >= 0.3 is 0 Å². The molecule has 0 spiro atoms. The largest absolute Gasteiger partial charge is 0.355 e. The summed E-state index contributed by atoms with van der Waals surface area (Å²) in [4.78, 5) is 0. The zero-order chi connectivity index (χ0) is 28.7. The molecule has 204 valence electrons. The van der Waals surface area contributed by atoms with E-state index >= 15 is 0 Å². The first kappa shape index (κ1) is 25.9. The molecule has 1 N–H and O–H groups in total. The number of fused-ring (bicyclic) bond motifs is 3. The molecule has 7 aromatic rings. The van der Waals surface area contributed by atoms with Crippen LogP contribution >= 0.6 is 0 Å². The number of anilines is 2. The number of para-hydroxylation sites is 2. The predicted molar refractivity (Wildman–Crippen MR) is 180 cm³/mol. The molecule has 0 aliphatic rings. The summed E-state index contributed by atoms with van der Waals surface area (Å²) in [5, 5.41) is 6.25. The third kappa shape index (κ3) is 4.76. The zero-order valence-electron chi connectivity index (χ0n) is 24.3. The van der Waals surface area contributed by atoms with Crippen molar-refractivity contribution < 1.29 is 0 Å². The Morgan fingerprint density at radius 3 is 1.88 bits per heavy atom. The van der Waals surface area contributed by atoms with Crippen LogP contribution in [0.5, 0.6) is 0 Å². The number of nitrogens with one attached hydrogen (secondary N) is 1. The Labute approximate surface area is 247 Å². The van der Waals surface area contributed by atoms with E-state index in [1.54, 1.807) is 0 Å². The summed E-state index contributed by atoms with van der Waals surface area (Å²) >= 11 is 0. The topological polar surface area (TPSA) is 17.0 Å². The van der Waals surface area contributed by atoms with Crippen molar-refractivity contribution in [2.24, 2.45) is 0 Å². The molecule has 7 rings (SSSR count). The summed E-state index contributed by atoms with van der Waals surface area (Å²) in [5.74, 6) is 0. The van der Waals surface area contributed by atoms with Crippen molar-refractivity contribution in [3.05, 3.63) is 151 Å². The van der Waals surface area contributed by atoms with Crippen LogP contribution in [0, 0.1) is 0 Å². The van der Waals surface area contributed by atoms with Crippen LogP contribution in [0.1, 0.15) is 26.3 Å². The Balaban J connectivity index is 1.33. The van der Waals surface area contributed by atoms with Crippen LogP contribution in [0.2, 0.25) is 0 Å². The molecule has 2 nitrogen and oxygen atoms in total. The highest BCUT2D eigenvalue weighted by Crippen LogP contribution is 2.38. The molecular weight excluding hydrogens is 508 g/mol. The Morgan fingerprint density at radius 1 is 0.500 bits per heavy atom. The molecule has 42 heavy (non-hydrogen) atoms. The summed E-state index contributed by atoms with van der Waals surface area (Å²) in [6.07, 6.45) is 0. The van der Waals surface area contributed by atoms with Gasteiger partial charge in [-0.1, -0.05) is 112 Å². The molecular formula is C40H34N2. The molecule has 0 atom stereocenters. The fourth-order valence-corrected chi connectivity index (χ4v) is 5.92. The van der Waals surface area contributed by atoms with Crippen molar-refractivity contribution in [2.75, 3.05) is 5.32 Å². The lowest BCUT2D eigenvalue weighted by Gasteiger charge is -2.19. The van der Waals surface area contributed by atoms with Crippen LogP contribution in [0.25, 0.3) is 49.7 Å². The second-order valence-electron chi connectivity index (χ2n) is 12.0. The molecule has 0 fully saturated rings. The Kier molecular flexibility index (Phi) is 6.40. The monoisotopic (exact) mass is 542 g/mol. The third-order valence-electron chi connectivity index (χ3n) is 8.13. The van der Waals surface area contributed by atoms with Crippen molar-refractivity contribution in [1.82, 2.24) is 4.57 Å². The van der Waals surface area contributed by atoms with Crippen LogP contribution < -0.4 is 5.32 Å². The minimum absolute atomic E-state index is 0.0724. The molecule has 0 saturated heterocycles. The van der Waals surface area contributed by atoms with Crippen LogP contribution in [-0.2, 0) is 5.41 Å². The molecule has 0 aliphatic carbocycles. The van der Waals surface area contributed by atoms with Crippen LogP contribution in [-0.4, -0.2) is 4.57 Å². The van der Waals surface area contributed by atoms with E-state index in [4.69, 9.17) is 0 Å². The SMILES string of the molecule is CC(C)(C)c1ccc2c(c1)c1cc(-c3cccc(Nc4ccccc4-c4ccccc4)c3)ccc1n2-c1ccccc1. The summed E-state index contributed by atoms with van der Waals surface area (Å²) in [5.41, 5.74) is 12.0. The fraction of sp³-hybridized carbons (Fsp3) is 0.100. The normalized spacial score (nSPS) is 11.7. The van der Waals surface area contributed by atoms with Gasteiger partial charge in [0.2, 0.25) is 0 Å². The Morgan fingerprint density at radius 2 is 1.12 bits per heavy atom. The number of hydrogen-bond acceptors (Lipinski definition) is 1. The third-order valence-corrected chi connectivity index (χ3v) is 8.13. The first-order valence-corrected chi connectivity index (χ1v) is 14.6. The van der Waals surface area contributed by atoms with Gasteiger partial charge in [-0.15, -0.1) is 0 Å². The van der Waals surface area contributed by atoms with E-state index in [9.17, 15) is 0 Å². The van der Waals surface area contributed by atoms with E-state index < -0.39 is 0 Å². The van der Waals surface area contributed by atoms with Crippen molar-refractivity contribution in [2.45, 2.75) is 26.2 Å². The van der Waals surface area contributed by atoms with Gasteiger partial charge in [0.15, 0.2) is 0 Å². The molecule has 0 amide bonds. The summed E-state index contributed by atoms with van der Waals surface area (Å²) in [7, 11) is 0. The predicted octanol–water partition coefficient (Wildman–Crippen LogP) is 11.2. The highest BCUT2D eigenvalue weighted by atomic mass is 15.0. The maximum absolute atomic E-state index is 3.69. The summed E-state index contributed by atoms with van der Waals surface area (Å²) in [6, 6.07) is 52.3. The molecule has 6 aromatic carbocycles. The zero-order valence-corrected chi connectivity index (χ0v) is 24.3. The van der Waals surface area contributed by atoms with Crippen molar-refractivity contribution in [1.29, 1.82) is 0 Å². The number of rotatable bonds is 5. The van der Waals surface area contributed by atoms with Gasteiger partial charge in [-0.05, 0) is 82.3 Å². The van der Waals surface area contributed by atoms with Crippen molar-refractivity contribution in [3.63, 3.8) is 0 Å². The quantitative estimate of drug-likeness (QED) is 0.229. The smallest absolute Gasteiger partial charge is 0.0541 e. The first-order valence-electron chi connectivity index (χ1n) is 14.6. The molecule has 0 aliphatic heterocycles. The van der Waals surface area contributed by atoms with Crippen LogP contribution in [0.15, 0.2) is 146 Å². The highest BCUT2D eigenvalue weighted by molar-refractivity contribution is 6.10. The van der Waals surface area contributed by atoms with Gasteiger partial charge < -0.3 is 9.88 Å². The van der Waals surface area contributed by atoms with Gasteiger partial charge in [0.1, 0.15) is 0 Å². The molecule has 0 radical (unpaired) electrons.